The maximum absolute atomic E-state index is 10.5. The van der Waals surface area contributed by atoms with Crippen molar-refractivity contribution in [3.63, 3.8) is 0 Å². The first-order valence-electron chi connectivity index (χ1n) is 13.4. The predicted molar refractivity (Wildman–Crippen MR) is 161 cm³/mol. The van der Waals surface area contributed by atoms with E-state index in [0.717, 1.165) is 60.2 Å². The van der Waals surface area contributed by atoms with E-state index in [4.69, 9.17) is 11.6 Å². The lowest BCUT2D eigenvalue weighted by atomic mass is 9.82. The smallest absolute Gasteiger partial charge is 0.122 e. The molecule has 0 bridgehead atoms. The number of aromatic nitrogens is 1. The summed E-state index contributed by atoms with van der Waals surface area (Å²) in [6, 6.07) is 16.3. The molecule has 4 rings (SSSR count). The molecule has 1 atom stereocenters. The largest absolute Gasteiger partial charge is 0.507 e. The second kappa shape index (κ2) is 13.3. The van der Waals surface area contributed by atoms with Gasteiger partial charge in [0, 0.05) is 35.8 Å². The Morgan fingerprint density at radius 3 is 2.34 bits per heavy atom. The summed E-state index contributed by atoms with van der Waals surface area (Å²) in [5.74, 6) is 1.79. The lowest BCUT2D eigenvalue weighted by Crippen LogP contribution is -2.22. The van der Waals surface area contributed by atoms with Crippen LogP contribution in [0, 0.1) is 13.8 Å². The van der Waals surface area contributed by atoms with Crippen molar-refractivity contribution in [3.05, 3.63) is 93.3 Å². The summed E-state index contributed by atoms with van der Waals surface area (Å²) < 4.78 is 0. The Balaban J connectivity index is 0.000000211. The summed E-state index contributed by atoms with van der Waals surface area (Å²) in [5.41, 5.74) is 6.78. The minimum absolute atomic E-state index is 0.0404. The number of benzene rings is 2. The third kappa shape index (κ3) is 8.05. The number of amidine groups is 1. The molecule has 1 aliphatic heterocycles. The van der Waals surface area contributed by atoms with Crippen molar-refractivity contribution in [1.82, 2.24) is 15.2 Å². The Kier molecular flexibility index (Phi) is 10.3. The highest BCUT2D eigenvalue weighted by Crippen LogP contribution is 2.36. The number of aromatic hydroxyl groups is 1. The van der Waals surface area contributed by atoms with Crippen LogP contribution in [0.3, 0.4) is 0 Å². The molecular formula is C32H43ClN4O. The third-order valence-electron chi connectivity index (χ3n) is 6.98. The molecule has 6 heteroatoms. The molecule has 2 heterocycles. The van der Waals surface area contributed by atoms with E-state index < -0.39 is 0 Å². The standard InChI is InChI=1S/C16H19ClN2.C16H24N2O/c1-19(2)12-10-15(16-5-3-4-11-18-16)13-6-8-14(17)9-7-13;1-10-8-13(16(3,4)5)15(19)11(2)12(10)9-14-17-6-7-18-14/h3-9,11,15H,10,12H2,1-2H3;8,19H,6-7,9H2,1-5H3,(H,17,18). The van der Waals surface area contributed by atoms with E-state index in [1.165, 1.54) is 16.7 Å². The summed E-state index contributed by atoms with van der Waals surface area (Å²) in [5, 5.41) is 14.5. The van der Waals surface area contributed by atoms with Crippen molar-refractivity contribution in [2.75, 3.05) is 33.7 Å². The van der Waals surface area contributed by atoms with Crippen LogP contribution in [0.1, 0.15) is 66.6 Å². The van der Waals surface area contributed by atoms with Crippen LogP contribution in [0.15, 0.2) is 59.7 Å². The van der Waals surface area contributed by atoms with E-state index in [9.17, 15) is 5.11 Å². The van der Waals surface area contributed by atoms with Gasteiger partial charge in [0.1, 0.15) is 11.6 Å². The van der Waals surface area contributed by atoms with Crippen LogP contribution in [-0.2, 0) is 11.8 Å². The zero-order chi connectivity index (χ0) is 27.9. The molecule has 1 aromatic heterocycles. The lowest BCUT2D eigenvalue weighted by Gasteiger charge is -2.24. The van der Waals surface area contributed by atoms with Gasteiger partial charge in [0.05, 0.1) is 6.54 Å². The highest BCUT2D eigenvalue weighted by molar-refractivity contribution is 6.30. The molecule has 204 valence electrons. The summed E-state index contributed by atoms with van der Waals surface area (Å²) in [4.78, 5) is 11.1. The van der Waals surface area contributed by atoms with Crippen LogP contribution >= 0.6 is 11.6 Å². The number of aliphatic imine (C=N–C) groups is 1. The van der Waals surface area contributed by atoms with Crippen molar-refractivity contribution in [2.24, 2.45) is 4.99 Å². The molecule has 1 aliphatic rings. The van der Waals surface area contributed by atoms with E-state index in [1.54, 1.807) is 0 Å². The Bertz CT molecular complexity index is 1210. The number of halogens is 1. The first kappa shape index (κ1) is 29.7. The fourth-order valence-corrected chi connectivity index (χ4v) is 4.86. The van der Waals surface area contributed by atoms with Crippen molar-refractivity contribution >= 4 is 17.4 Å². The molecule has 0 saturated carbocycles. The molecule has 38 heavy (non-hydrogen) atoms. The van der Waals surface area contributed by atoms with Crippen molar-refractivity contribution in [1.29, 1.82) is 0 Å². The molecule has 0 fully saturated rings. The average molecular weight is 535 g/mol. The Labute approximate surface area is 234 Å². The van der Waals surface area contributed by atoms with E-state index in [-0.39, 0.29) is 5.41 Å². The van der Waals surface area contributed by atoms with Gasteiger partial charge in [-0.1, -0.05) is 56.6 Å². The highest BCUT2D eigenvalue weighted by Gasteiger charge is 2.23. The van der Waals surface area contributed by atoms with Gasteiger partial charge in [-0.3, -0.25) is 9.98 Å². The van der Waals surface area contributed by atoms with Gasteiger partial charge in [0.2, 0.25) is 0 Å². The SMILES string of the molecule is CN(C)CCC(c1ccc(Cl)cc1)c1ccccn1.Cc1cc(C(C)(C)C)c(O)c(C)c1CC1=NCCN1. The quantitative estimate of drug-likeness (QED) is 0.355. The maximum Gasteiger partial charge on any atom is 0.122 e. The molecule has 3 aromatic rings. The molecule has 0 amide bonds. The van der Waals surface area contributed by atoms with Crippen LogP contribution < -0.4 is 5.32 Å². The van der Waals surface area contributed by atoms with Crippen LogP contribution in [0.25, 0.3) is 0 Å². The number of phenols is 1. The lowest BCUT2D eigenvalue weighted by molar-refractivity contribution is 0.389. The van der Waals surface area contributed by atoms with Gasteiger partial charge in [-0.2, -0.15) is 0 Å². The van der Waals surface area contributed by atoms with Gasteiger partial charge in [0.15, 0.2) is 0 Å². The topological polar surface area (TPSA) is 60.8 Å². The highest BCUT2D eigenvalue weighted by atomic mass is 35.5. The maximum atomic E-state index is 10.5. The second-order valence-electron chi connectivity index (χ2n) is 11.3. The van der Waals surface area contributed by atoms with Gasteiger partial charge in [-0.15, -0.1) is 0 Å². The van der Waals surface area contributed by atoms with Crippen LogP contribution in [0.4, 0.5) is 0 Å². The number of hydrogen-bond donors (Lipinski definition) is 2. The number of aryl methyl sites for hydroxylation is 1. The summed E-state index contributed by atoms with van der Waals surface area (Å²) in [6.07, 6.45) is 3.69. The first-order chi connectivity index (χ1) is 18.0. The van der Waals surface area contributed by atoms with Crippen molar-refractivity contribution < 1.29 is 5.11 Å². The molecule has 0 aliphatic carbocycles. The summed E-state index contributed by atoms with van der Waals surface area (Å²) >= 11 is 5.97. The molecule has 2 aromatic carbocycles. The molecule has 5 nitrogen and oxygen atoms in total. The van der Waals surface area contributed by atoms with Crippen molar-refractivity contribution in [2.45, 2.75) is 58.8 Å². The van der Waals surface area contributed by atoms with Gasteiger partial charge in [-0.25, -0.2) is 0 Å². The fourth-order valence-electron chi connectivity index (χ4n) is 4.74. The van der Waals surface area contributed by atoms with E-state index in [1.807, 2.05) is 37.4 Å². The van der Waals surface area contributed by atoms with Crippen LogP contribution in [-0.4, -0.2) is 54.6 Å². The van der Waals surface area contributed by atoms with Crippen molar-refractivity contribution in [3.8, 4) is 5.75 Å². The Morgan fingerprint density at radius 2 is 1.79 bits per heavy atom. The number of nitrogens with one attached hydrogen (secondary N) is 1. The van der Waals surface area contributed by atoms with E-state index >= 15 is 0 Å². The predicted octanol–water partition coefficient (Wildman–Crippen LogP) is 6.67. The Morgan fingerprint density at radius 1 is 1.08 bits per heavy atom. The molecule has 0 saturated heterocycles. The number of phenolic OH excluding ortho intramolecular Hbond substituents is 1. The second-order valence-corrected chi connectivity index (χ2v) is 11.8. The molecule has 0 radical (unpaired) electrons. The van der Waals surface area contributed by atoms with Crippen LogP contribution in [0.5, 0.6) is 5.75 Å². The van der Waals surface area contributed by atoms with Crippen LogP contribution in [0.2, 0.25) is 5.02 Å². The number of hydrogen-bond acceptors (Lipinski definition) is 5. The zero-order valence-electron chi connectivity index (χ0n) is 24.0. The number of pyridine rings is 1. The van der Waals surface area contributed by atoms with Gasteiger partial charge >= 0.3 is 0 Å². The van der Waals surface area contributed by atoms with Gasteiger partial charge < -0.3 is 15.3 Å². The molecule has 0 spiro atoms. The minimum Gasteiger partial charge on any atom is -0.507 e. The number of rotatable bonds is 7. The number of nitrogens with zero attached hydrogens (tertiary/aromatic N) is 3. The molecular weight excluding hydrogens is 492 g/mol. The van der Waals surface area contributed by atoms with Gasteiger partial charge in [0.25, 0.3) is 0 Å². The minimum atomic E-state index is -0.0404. The normalized spacial score (nSPS) is 14.0. The zero-order valence-corrected chi connectivity index (χ0v) is 24.7. The first-order valence-corrected chi connectivity index (χ1v) is 13.8. The Hall–Kier alpha value is -2.89. The fraction of sp³-hybridized carbons (Fsp3) is 0.438. The molecule has 1 unspecified atom stereocenters. The summed E-state index contributed by atoms with van der Waals surface area (Å²) in [6.45, 7) is 13.3. The monoisotopic (exact) mass is 534 g/mol. The third-order valence-corrected chi connectivity index (χ3v) is 7.23. The van der Waals surface area contributed by atoms with Gasteiger partial charge in [-0.05, 0) is 98.4 Å². The summed E-state index contributed by atoms with van der Waals surface area (Å²) in [7, 11) is 4.19. The molecule has 2 N–H and O–H groups in total. The van der Waals surface area contributed by atoms with E-state index in [2.05, 4.69) is 86.2 Å². The van der Waals surface area contributed by atoms with E-state index in [0.29, 0.717) is 11.7 Å². The average Bonchev–Trinajstić information content (AvgIpc) is 3.39.